The molecule has 0 spiro atoms. The molecule has 1 heteroatoms. The van der Waals surface area contributed by atoms with Crippen molar-refractivity contribution in [3.05, 3.63) is 78.9 Å². The summed E-state index contributed by atoms with van der Waals surface area (Å²) in [5, 5.41) is 0. The van der Waals surface area contributed by atoms with Gasteiger partial charge in [-0.1, -0.05) is 72.8 Å². The lowest BCUT2D eigenvalue weighted by Gasteiger charge is -2.15. The van der Waals surface area contributed by atoms with Gasteiger partial charge in [0.05, 0.1) is 6.61 Å². The van der Waals surface area contributed by atoms with Gasteiger partial charge in [-0.3, -0.25) is 0 Å². The Kier molecular flexibility index (Phi) is 4.02. The van der Waals surface area contributed by atoms with E-state index in [0.717, 1.165) is 11.3 Å². The summed E-state index contributed by atoms with van der Waals surface area (Å²) in [4.78, 5) is 0. The van der Waals surface area contributed by atoms with Crippen LogP contribution in [0.5, 0.6) is 5.75 Å². The number of ether oxygens (including phenoxy) is 1. The second-order valence-corrected chi connectivity index (χ2v) is 4.84. The Hall–Kier alpha value is -2.54. The molecule has 3 aromatic carbocycles. The lowest BCUT2D eigenvalue weighted by Crippen LogP contribution is -1.96. The molecule has 0 aliphatic heterocycles. The highest BCUT2D eigenvalue weighted by Crippen LogP contribution is 2.39. The van der Waals surface area contributed by atoms with Crippen LogP contribution < -0.4 is 4.74 Å². The van der Waals surface area contributed by atoms with Crippen molar-refractivity contribution in [2.24, 2.45) is 0 Å². The number of rotatable bonds is 4. The van der Waals surface area contributed by atoms with Crippen molar-refractivity contribution in [2.45, 2.75) is 6.92 Å². The molecule has 0 fully saturated rings. The Morgan fingerprint density at radius 3 is 1.90 bits per heavy atom. The van der Waals surface area contributed by atoms with Crippen LogP contribution in [0, 0.1) is 0 Å². The zero-order valence-electron chi connectivity index (χ0n) is 12.1. The Morgan fingerprint density at radius 2 is 1.29 bits per heavy atom. The summed E-state index contributed by atoms with van der Waals surface area (Å²) in [5.41, 5.74) is 4.75. The molecule has 0 radical (unpaired) electrons. The molecule has 0 atom stereocenters. The summed E-state index contributed by atoms with van der Waals surface area (Å²) < 4.78 is 5.85. The van der Waals surface area contributed by atoms with Crippen molar-refractivity contribution >= 4 is 0 Å². The first-order chi connectivity index (χ1) is 10.4. The van der Waals surface area contributed by atoms with E-state index in [1.54, 1.807) is 0 Å². The fraction of sp³-hybridized carbons (Fsp3) is 0.100. The van der Waals surface area contributed by atoms with Crippen LogP contribution in [0.2, 0.25) is 0 Å². The van der Waals surface area contributed by atoms with Crippen LogP contribution in [0.25, 0.3) is 22.3 Å². The molecular formula is C20H18O. The highest BCUT2D eigenvalue weighted by Gasteiger charge is 2.12. The monoisotopic (exact) mass is 274 g/mol. The van der Waals surface area contributed by atoms with Gasteiger partial charge in [0.25, 0.3) is 0 Å². The van der Waals surface area contributed by atoms with Gasteiger partial charge in [0.2, 0.25) is 0 Å². The Bertz CT molecular complexity index is 702. The molecule has 0 saturated carbocycles. The van der Waals surface area contributed by atoms with E-state index in [1.165, 1.54) is 16.7 Å². The van der Waals surface area contributed by atoms with E-state index in [2.05, 4.69) is 60.7 Å². The fourth-order valence-corrected chi connectivity index (χ4v) is 2.57. The number of hydrogen-bond donors (Lipinski definition) is 0. The largest absolute Gasteiger partial charge is 0.493 e. The smallest absolute Gasteiger partial charge is 0.127 e. The van der Waals surface area contributed by atoms with Crippen molar-refractivity contribution < 1.29 is 4.74 Å². The van der Waals surface area contributed by atoms with Crippen molar-refractivity contribution in [3.63, 3.8) is 0 Å². The van der Waals surface area contributed by atoms with Gasteiger partial charge in [0.15, 0.2) is 0 Å². The maximum Gasteiger partial charge on any atom is 0.127 e. The molecule has 0 heterocycles. The Labute approximate surface area is 125 Å². The van der Waals surface area contributed by atoms with E-state index in [4.69, 9.17) is 4.74 Å². The molecule has 1 nitrogen and oxygen atoms in total. The first-order valence-corrected chi connectivity index (χ1v) is 7.27. The quantitative estimate of drug-likeness (QED) is 0.617. The fourth-order valence-electron chi connectivity index (χ4n) is 2.57. The Morgan fingerprint density at radius 1 is 0.667 bits per heavy atom. The summed E-state index contributed by atoms with van der Waals surface area (Å²) in [5.74, 6) is 0.935. The van der Waals surface area contributed by atoms with E-state index in [9.17, 15) is 0 Å². The molecule has 0 aliphatic carbocycles. The van der Waals surface area contributed by atoms with Gasteiger partial charge in [-0.2, -0.15) is 0 Å². The van der Waals surface area contributed by atoms with Gasteiger partial charge < -0.3 is 4.74 Å². The van der Waals surface area contributed by atoms with Crippen LogP contribution in [0.1, 0.15) is 6.92 Å². The molecular weight excluding hydrogens is 256 g/mol. The molecule has 3 rings (SSSR count). The van der Waals surface area contributed by atoms with E-state index >= 15 is 0 Å². The molecule has 0 bridgehead atoms. The summed E-state index contributed by atoms with van der Waals surface area (Å²) in [6.45, 7) is 2.68. The van der Waals surface area contributed by atoms with Crippen LogP contribution in [-0.2, 0) is 0 Å². The highest BCUT2D eigenvalue weighted by atomic mass is 16.5. The number of benzene rings is 3. The van der Waals surface area contributed by atoms with Gasteiger partial charge >= 0.3 is 0 Å². The van der Waals surface area contributed by atoms with E-state index in [1.807, 2.05) is 25.1 Å². The van der Waals surface area contributed by atoms with Crippen LogP contribution in [0.15, 0.2) is 78.9 Å². The summed E-state index contributed by atoms with van der Waals surface area (Å²) >= 11 is 0. The minimum absolute atomic E-state index is 0.665. The van der Waals surface area contributed by atoms with Crippen LogP contribution in [0.4, 0.5) is 0 Å². The average Bonchev–Trinajstić information content (AvgIpc) is 2.56. The second-order valence-electron chi connectivity index (χ2n) is 4.84. The molecule has 3 aromatic rings. The topological polar surface area (TPSA) is 9.23 Å². The first kappa shape index (κ1) is 13.4. The summed E-state index contributed by atoms with van der Waals surface area (Å²) in [6.07, 6.45) is 0. The molecule has 21 heavy (non-hydrogen) atoms. The minimum Gasteiger partial charge on any atom is -0.493 e. The predicted molar refractivity (Wildman–Crippen MR) is 88.5 cm³/mol. The molecule has 104 valence electrons. The van der Waals surface area contributed by atoms with Crippen molar-refractivity contribution in [1.82, 2.24) is 0 Å². The number of hydrogen-bond acceptors (Lipinski definition) is 1. The predicted octanol–water partition coefficient (Wildman–Crippen LogP) is 5.42. The Balaban J connectivity index is 2.23. The lowest BCUT2D eigenvalue weighted by atomic mass is 9.94. The standard InChI is InChI=1S/C20H18O/c1-2-21-19-15-9-14-18(16-10-5-3-6-11-16)20(19)17-12-7-4-8-13-17/h3-15H,2H2,1H3. The summed E-state index contributed by atoms with van der Waals surface area (Å²) in [6, 6.07) is 27.1. The maximum atomic E-state index is 5.85. The van der Waals surface area contributed by atoms with E-state index in [-0.39, 0.29) is 0 Å². The molecule has 0 aromatic heterocycles. The third-order valence-corrected chi connectivity index (χ3v) is 3.47. The maximum absolute atomic E-state index is 5.85. The summed E-state index contributed by atoms with van der Waals surface area (Å²) in [7, 11) is 0. The molecule has 0 saturated heterocycles. The molecule has 0 N–H and O–H groups in total. The van der Waals surface area contributed by atoms with Gasteiger partial charge in [-0.25, -0.2) is 0 Å². The van der Waals surface area contributed by atoms with Crippen LogP contribution in [0.3, 0.4) is 0 Å². The van der Waals surface area contributed by atoms with Gasteiger partial charge in [-0.15, -0.1) is 0 Å². The minimum atomic E-state index is 0.665. The average molecular weight is 274 g/mol. The second kappa shape index (κ2) is 6.27. The van der Waals surface area contributed by atoms with Crippen LogP contribution in [-0.4, -0.2) is 6.61 Å². The third-order valence-electron chi connectivity index (χ3n) is 3.47. The van der Waals surface area contributed by atoms with Crippen molar-refractivity contribution in [1.29, 1.82) is 0 Å². The lowest BCUT2D eigenvalue weighted by molar-refractivity contribution is 0.342. The highest BCUT2D eigenvalue weighted by molar-refractivity contribution is 5.87. The normalized spacial score (nSPS) is 10.3. The third kappa shape index (κ3) is 2.82. The van der Waals surface area contributed by atoms with E-state index < -0.39 is 0 Å². The van der Waals surface area contributed by atoms with Crippen LogP contribution >= 0.6 is 0 Å². The van der Waals surface area contributed by atoms with Gasteiger partial charge in [-0.05, 0) is 29.7 Å². The van der Waals surface area contributed by atoms with Gasteiger partial charge in [0.1, 0.15) is 5.75 Å². The molecule has 0 aliphatic rings. The molecule has 0 unspecified atom stereocenters. The molecule has 0 amide bonds. The first-order valence-electron chi connectivity index (χ1n) is 7.27. The van der Waals surface area contributed by atoms with Crippen molar-refractivity contribution in [2.75, 3.05) is 6.61 Å². The SMILES string of the molecule is CCOc1cccc(-c2ccccc2)c1-c1ccccc1. The van der Waals surface area contributed by atoms with Crippen molar-refractivity contribution in [3.8, 4) is 28.0 Å². The van der Waals surface area contributed by atoms with Gasteiger partial charge in [0, 0.05) is 5.56 Å². The zero-order chi connectivity index (χ0) is 14.5. The zero-order valence-corrected chi connectivity index (χ0v) is 12.1. The van der Waals surface area contributed by atoms with E-state index in [0.29, 0.717) is 6.61 Å².